The van der Waals surface area contributed by atoms with Gasteiger partial charge >= 0.3 is 0 Å². The van der Waals surface area contributed by atoms with Gasteiger partial charge in [0.1, 0.15) is 10.5 Å². The summed E-state index contributed by atoms with van der Waals surface area (Å²) in [6.07, 6.45) is 1.07. The second-order valence-corrected chi connectivity index (χ2v) is 5.31. The molecule has 0 bridgehead atoms. The summed E-state index contributed by atoms with van der Waals surface area (Å²) in [4.78, 5) is 0. The fourth-order valence-electron chi connectivity index (χ4n) is 0.574. The van der Waals surface area contributed by atoms with Gasteiger partial charge in [-0.2, -0.15) is 0 Å². The Morgan fingerprint density at radius 3 is 2.56 bits per heavy atom. The molecule has 0 heterocycles. The highest BCUT2D eigenvalue weighted by Gasteiger charge is 2.12. The largest absolute Gasteiger partial charge is 0.459 e. The molecule has 0 saturated carbocycles. The van der Waals surface area contributed by atoms with E-state index in [-0.39, 0.29) is 5.46 Å². The summed E-state index contributed by atoms with van der Waals surface area (Å²) in [6, 6.07) is 0.976. The zero-order chi connectivity index (χ0) is 7.28. The summed E-state index contributed by atoms with van der Waals surface area (Å²) in [5.41, 5.74) is 5.52. The van der Waals surface area contributed by atoms with Crippen molar-refractivity contribution in [3.05, 3.63) is 0 Å². The molecule has 0 fully saturated rings. The van der Waals surface area contributed by atoms with Crippen LogP contribution in [0.15, 0.2) is 0 Å². The molecule has 0 atom stereocenters. The van der Waals surface area contributed by atoms with E-state index in [1.165, 1.54) is 0 Å². The fraction of sp³-hybridized carbons (Fsp3) is 0.750. The summed E-state index contributed by atoms with van der Waals surface area (Å²) in [6.45, 7) is 2.08. The van der Waals surface area contributed by atoms with Gasteiger partial charge in [-0.25, -0.2) is 0 Å². The Bertz CT molecular complexity index is 98.6. The van der Waals surface area contributed by atoms with E-state index < -0.39 is 9.04 Å². The topological polar surface area (TPSA) is 59.1 Å². The summed E-state index contributed by atoms with van der Waals surface area (Å²) >= 11 is 0. The lowest BCUT2D eigenvalue weighted by Gasteiger charge is -2.07. The summed E-state index contributed by atoms with van der Waals surface area (Å²) < 4.78 is 5.14. The van der Waals surface area contributed by atoms with E-state index in [9.17, 15) is 0 Å². The molecule has 9 heavy (non-hydrogen) atoms. The molecule has 1 radical (unpaired) electrons. The van der Waals surface area contributed by atoms with Gasteiger partial charge in [0, 0.05) is 0 Å². The first-order valence-electron chi connectivity index (χ1n) is 2.96. The van der Waals surface area contributed by atoms with Crippen molar-refractivity contribution in [2.24, 2.45) is 5.73 Å². The lowest BCUT2D eigenvalue weighted by Crippen LogP contribution is -2.34. The van der Waals surface area contributed by atoms with E-state index in [1.54, 1.807) is 0 Å². The molecule has 3 N–H and O–H groups in total. The highest BCUT2D eigenvalue weighted by Crippen LogP contribution is 1.95. The van der Waals surface area contributed by atoms with Crippen LogP contribution in [0, 0.1) is 5.41 Å². The van der Waals surface area contributed by atoms with Crippen molar-refractivity contribution in [2.45, 2.75) is 19.4 Å². The predicted molar refractivity (Wildman–Crippen MR) is 43.8 cm³/mol. The highest BCUT2D eigenvalue weighted by molar-refractivity contribution is 6.86. The van der Waals surface area contributed by atoms with Crippen LogP contribution in [-0.4, -0.2) is 25.0 Å². The van der Waals surface area contributed by atoms with Gasteiger partial charge in [0.25, 0.3) is 9.04 Å². The third-order valence-electron chi connectivity index (χ3n) is 1.02. The first-order valence-corrected chi connectivity index (χ1v) is 5.39. The molecule has 0 spiro atoms. The number of hydrogen-bond donors (Lipinski definition) is 2. The molecule has 0 aliphatic rings. The zero-order valence-corrected chi connectivity index (χ0v) is 8.90. The van der Waals surface area contributed by atoms with Crippen LogP contribution in [0.4, 0.5) is 0 Å². The number of hydrogen-bond acceptors (Lipinski definition) is 2. The Hall–Kier alpha value is -0.136. The summed E-state index contributed by atoms with van der Waals surface area (Å²) in [7, 11) is -0.320. The molecule has 53 valence electrons. The van der Waals surface area contributed by atoms with Gasteiger partial charge in [-0.1, -0.05) is 13.3 Å². The number of amidine groups is 1. The van der Waals surface area contributed by atoms with Gasteiger partial charge in [0.2, 0.25) is 0 Å². The maximum Gasteiger partial charge on any atom is 0.276 e. The fourth-order valence-corrected chi connectivity index (χ4v) is 2.99. The molecule has 0 unspecified atom stereocenters. The molecule has 0 aromatic heterocycles. The Labute approximate surface area is 60.4 Å². The molecule has 0 aliphatic heterocycles. The Kier molecular flexibility index (Phi) is 4.64. The van der Waals surface area contributed by atoms with E-state index in [4.69, 9.17) is 15.3 Å². The third-order valence-corrected chi connectivity index (χ3v) is 4.55. The molecule has 0 rings (SSSR count). The molecule has 0 amide bonds. The van der Waals surface area contributed by atoms with Crippen molar-refractivity contribution in [2.75, 3.05) is 0 Å². The number of nitrogens with two attached hydrogens (primary N) is 1. The quantitative estimate of drug-likeness (QED) is 0.321. The Balaban J connectivity index is 3.54. The Morgan fingerprint density at radius 1 is 1.89 bits per heavy atom. The highest BCUT2D eigenvalue weighted by atomic mass is 28.3. The minimum absolute atomic E-state index is 0.261. The monoisotopic (exact) mass is 161 g/mol. The van der Waals surface area contributed by atoms with E-state index in [0.717, 1.165) is 12.5 Å². The molecule has 3 nitrogen and oxygen atoms in total. The average molecular weight is 161 g/mol. The summed E-state index contributed by atoms with van der Waals surface area (Å²) in [5.74, 6) is 0. The van der Waals surface area contributed by atoms with E-state index in [1.807, 2.05) is 0 Å². The maximum absolute atomic E-state index is 7.08. The lowest BCUT2D eigenvalue weighted by molar-refractivity contribution is 0.642. The maximum atomic E-state index is 7.08. The number of nitrogens with one attached hydrogen (secondary N) is 1. The van der Waals surface area contributed by atoms with Gasteiger partial charge in [-0.15, -0.1) is 0 Å². The minimum Gasteiger partial charge on any atom is -0.459 e. The van der Waals surface area contributed by atoms with Crippen LogP contribution in [0.2, 0.25) is 6.04 Å². The van der Waals surface area contributed by atoms with E-state index in [2.05, 4.69) is 6.92 Å². The van der Waals surface area contributed by atoms with Gasteiger partial charge < -0.3 is 9.85 Å². The molecule has 0 saturated heterocycles. The number of rotatable bonds is 4. The van der Waals surface area contributed by atoms with Gasteiger partial charge in [0.05, 0.1) is 5.46 Å². The summed E-state index contributed by atoms with van der Waals surface area (Å²) in [5, 5.41) is 7.08. The van der Waals surface area contributed by atoms with Crippen molar-refractivity contribution >= 4 is 25.0 Å². The van der Waals surface area contributed by atoms with Crippen LogP contribution >= 0.6 is 0 Å². The first-order chi connectivity index (χ1) is 4.22. The normalized spacial score (nSPS) is 10.4. The van der Waals surface area contributed by atoms with Crippen LogP contribution < -0.4 is 5.73 Å². The van der Waals surface area contributed by atoms with Gasteiger partial charge in [0.15, 0.2) is 0 Å². The predicted octanol–water partition coefficient (Wildman–Crippen LogP) is -0.840. The van der Waals surface area contributed by atoms with Crippen LogP contribution in [-0.2, 0) is 4.12 Å². The second-order valence-electron chi connectivity index (χ2n) is 1.79. The lowest BCUT2D eigenvalue weighted by atomic mass is 10.6. The van der Waals surface area contributed by atoms with Crippen LogP contribution in [0.3, 0.4) is 0 Å². The SMILES string of the molecule is CCC[Si](O[SiH3])C(=N)N. The smallest absolute Gasteiger partial charge is 0.276 e. The van der Waals surface area contributed by atoms with Gasteiger partial charge in [-0.05, 0) is 6.04 Å². The third kappa shape index (κ3) is 3.44. The first kappa shape index (κ1) is 8.86. The van der Waals surface area contributed by atoms with Crippen molar-refractivity contribution in [3.63, 3.8) is 0 Å². The van der Waals surface area contributed by atoms with Crippen molar-refractivity contribution in [3.8, 4) is 0 Å². The molecular formula is C4H13N2OSi2. The van der Waals surface area contributed by atoms with Crippen molar-refractivity contribution in [1.82, 2.24) is 0 Å². The minimum atomic E-state index is -1.03. The standard InChI is InChI=1S/C4H13N2OSi2/c1-2-3-9(7-8)4(5)6/h2-3H2,1,8H3,(H3,5,6). The van der Waals surface area contributed by atoms with E-state index >= 15 is 0 Å². The molecule has 5 heteroatoms. The van der Waals surface area contributed by atoms with Crippen LogP contribution in [0.25, 0.3) is 0 Å². The van der Waals surface area contributed by atoms with Crippen LogP contribution in [0.5, 0.6) is 0 Å². The average Bonchev–Trinajstić information content (AvgIpc) is 1.82. The van der Waals surface area contributed by atoms with Crippen molar-refractivity contribution < 1.29 is 4.12 Å². The second kappa shape index (κ2) is 4.72. The van der Waals surface area contributed by atoms with Crippen molar-refractivity contribution in [1.29, 1.82) is 5.41 Å². The van der Waals surface area contributed by atoms with Gasteiger partial charge in [-0.3, -0.25) is 5.41 Å². The molecule has 0 aliphatic carbocycles. The zero-order valence-electron chi connectivity index (χ0n) is 5.90. The molecular weight excluding hydrogens is 148 g/mol. The Morgan fingerprint density at radius 2 is 2.44 bits per heavy atom. The molecule has 0 aromatic rings. The van der Waals surface area contributed by atoms with E-state index in [0.29, 0.717) is 10.5 Å². The molecule has 0 aromatic carbocycles. The van der Waals surface area contributed by atoms with Crippen LogP contribution in [0.1, 0.15) is 13.3 Å².